The molecule has 1 amide bonds. The van der Waals surface area contributed by atoms with Gasteiger partial charge in [0.15, 0.2) is 11.5 Å². The van der Waals surface area contributed by atoms with Crippen LogP contribution in [0.4, 0.5) is 11.4 Å². The normalized spacial score (nSPS) is 10.6. The summed E-state index contributed by atoms with van der Waals surface area (Å²) in [5.41, 5.74) is 1.14. The first-order valence-corrected chi connectivity index (χ1v) is 8.47. The Labute approximate surface area is 158 Å². The molecule has 0 heterocycles. The van der Waals surface area contributed by atoms with Crippen molar-refractivity contribution in [3.8, 4) is 11.5 Å². The standard InChI is InChI=1S/C18H17BrN2O5/c1-3-26-16-8-4-12(10-17(16)25-2)5-9-18(22)20-15-7-6-13(21(23)24)11-14(15)19/h4-11H,3H2,1-2H3,(H,20,22). The third-order valence-corrected chi connectivity index (χ3v) is 3.99. The summed E-state index contributed by atoms with van der Waals surface area (Å²) in [6.45, 7) is 2.41. The van der Waals surface area contributed by atoms with Gasteiger partial charge in [-0.05, 0) is 52.7 Å². The number of amides is 1. The van der Waals surface area contributed by atoms with E-state index in [1.807, 2.05) is 6.92 Å². The number of carbonyl (C=O) groups is 1. The molecule has 0 atom stereocenters. The molecule has 0 fully saturated rings. The molecule has 0 spiro atoms. The highest BCUT2D eigenvalue weighted by molar-refractivity contribution is 9.10. The summed E-state index contributed by atoms with van der Waals surface area (Å²) in [5, 5.41) is 13.4. The molecule has 0 saturated carbocycles. The minimum atomic E-state index is -0.504. The van der Waals surface area contributed by atoms with Gasteiger partial charge in [-0.15, -0.1) is 0 Å². The number of hydrogen-bond acceptors (Lipinski definition) is 5. The van der Waals surface area contributed by atoms with E-state index in [1.54, 1.807) is 31.4 Å². The van der Waals surface area contributed by atoms with E-state index < -0.39 is 4.92 Å². The molecule has 2 aromatic rings. The number of carbonyl (C=O) groups excluding carboxylic acids is 1. The fourth-order valence-corrected chi connectivity index (χ4v) is 2.59. The van der Waals surface area contributed by atoms with Crippen LogP contribution in [-0.4, -0.2) is 24.5 Å². The van der Waals surface area contributed by atoms with E-state index in [9.17, 15) is 14.9 Å². The lowest BCUT2D eigenvalue weighted by Crippen LogP contribution is -2.08. The maximum absolute atomic E-state index is 12.1. The first kappa shape index (κ1) is 19.5. The second-order valence-corrected chi connectivity index (χ2v) is 5.94. The molecular weight excluding hydrogens is 404 g/mol. The molecule has 0 aliphatic carbocycles. The van der Waals surface area contributed by atoms with E-state index >= 15 is 0 Å². The maximum Gasteiger partial charge on any atom is 0.270 e. The van der Waals surface area contributed by atoms with Crippen molar-refractivity contribution in [2.24, 2.45) is 0 Å². The molecule has 0 radical (unpaired) electrons. The van der Waals surface area contributed by atoms with Crippen molar-refractivity contribution >= 4 is 39.3 Å². The monoisotopic (exact) mass is 420 g/mol. The van der Waals surface area contributed by atoms with Crippen molar-refractivity contribution in [1.29, 1.82) is 0 Å². The predicted molar refractivity (Wildman–Crippen MR) is 103 cm³/mol. The molecule has 8 heteroatoms. The fraction of sp³-hybridized carbons (Fsp3) is 0.167. The van der Waals surface area contributed by atoms with E-state index in [2.05, 4.69) is 21.2 Å². The molecule has 2 aromatic carbocycles. The average molecular weight is 421 g/mol. The van der Waals surface area contributed by atoms with E-state index in [1.165, 1.54) is 24.3 Å². The second kappa shape index (κ2) is 9.00. The van der Waals surface area contributed by atoms with Crippen LogP contribution in [0, 0.1) is 10.1 Å². The zero-order valence-corrected chi connectivity index (χ0v) is 15.8. The van der Waals surface area contributed by atoms with Gasteiger partial charge in [0.1, 0.15) is 0 Å². The van der Waals surface area contributed by atoms with Gasteiger partial charge in [0.05, 0.1) is 24.3 Å². The summed E-state index contributed by atoms with van der Waals surface area (Å²) >= 11 is 3.21. The summed E-state index contributed by atoms with van der Waals surface area (Å²) in [4.78, 5) is 22.3. The molecule has 0 unspecified atom stereocenters. The van der Waals surface area contributed by atoms with Crippen LogP contribution in [0.15, 0.2) is 46.9 Å². The minimum absolute atomic E-state index is 0.0631. The Morgan fingerprint density at radius 3 is 2.65 bits per heavy atom. The molecule has 0 aromatic heterocycles. The maximum atomic E-state index is 12.1. The topological polar surface area (TPSA) is 90.7 Å². The number of hydrogen-bond donors (Lipinski definition) is 1. The molecular formula is C18H17BrN2O5. The average Bonchev–Trinajstić information content (AvgIpc) is 2.62. The van der Waals surface area contributed by atoms with Gasteiger partial charge in [-0.1, -0.05) is 6.07 Å². The molecule has 0 saturated heterocycles. The van der Waals surface area contributed by atoms with Gasteiger partial charge in [0.2, 0.25) is 5.91 Å². The van der Waals surface area contributed by atoms with Crippen LogP contribution in [0.2, 0.25) is 0 Å². The van der Waals surface area contributed by atoms with Crippen LogP contribution in [0.5, 0.6) is 11.5 Å². The third kappa shape index (κ3) is 5.06. The zero-order valence-electron chi connectivity index (χ0n) is 14.2. The summed E-state index contributed by atoms with van der Waals surface area (Å²) in [5.74, 6) is 0.839. The lowest BCUT2D eigenvalue weighted by Gasteiger charge is -2.09. The molecule has 26 heavy (non-hydrogen) atoms. The molecule has 1 N–H and O–H groups in total. The Kier molecular flexibility index (Phi) is 6.74. The number of nitro benzene ring substituents is 1. The van der Waals surface area contributed by atoms with Gasteiger partial charge in [0, 0.05) is 22.7 Å². The van der Waals surface area contributed by atoms with Crippen LogP contribution in [0.25, 0.3) is 6.08 Å². The fourth-order valence-electron chi connectivity index (χ4n) is 2.13. The van der Waals surface area contributed by atoms with Crippen molar-refractivity contribution in [2.45, 2.75) is 6.92 Å². The third-order valence-electron chi connectivity index (χ3n) is 3.34. The van der Waals surface area contributed by atoms with Gasteiger partial charge in [0.25, 0.3) is 5.69 Å². The van der Waals surface area contributed by atoms with Crippen LogP contribution in [0.1, 0.15) is 12.5 Å². The van der Waals surface area contributed by atoms with Gasteiger partial charge in [-0.25, -0.2) is 0 Å². The number of non-ortho nitro benzene ring substituents is 1. The zero-order chi connectivity index (χ0) is 19.1. The first-order valence-electron chi connectivity index (χ1n) is 7.68. The van der Waals surface area contributed by atoms with E-state index in [0.717, 1.165) is 5.56 Å². The largest absolute Gasteiger partial charge is 0.493 e. The van der Waals surface area contributed by atoms with E-state index in [-0.39, 0.29) is 11.6 Å². The molecule has 7 nitrogen and oxygen atoms in total. The van der Waals surface area contributed by atoms with E-state index in [0.29, 0.717) is 28.3 Å². The number of ether oxygens (including phenoxy) is 2. The highest BCUT2D eigenvalue weighted by Crippen LogP contribution is 2.29. The SMILES string of the molecule is CCOc1ccc(C=CC(=O)Nc2ccc([N+](=O)[O-])cc2Br)cc1OC. The Morgan fingerprint density at radius 2 is 2.04 bits per heavy atom. The number of nitro groups is 1. The lowest BCUT2D eigenvalue weighted by molar-refractivity contribution is -0.384. The summed E-state index contributed by atoms with van der Waals surface area (Å²) in [6, 6.07) is 9.45. The number of nitrogens with zero attached hydrogens (tertiary/aromatic N) is 1. The highest BCUT2D eigenvalue weighted by Gasteiger charge is 2.10. The van der Waals surface area contributed by atoms with Gasteiger partial charge in [-0.3, -0.25) is 14.9 Å². The molecule has 0 aliphatic rings. The summed E-state index contributed by atoms with van der Waals surface area (Å²) < 4.78 is 11.1. The van der Waals surface area contributed by atoms with Gasteiger partial charge in [-0.2, -0.15) is 0 Å². The number of anilines is 1. The van der Waals surface area contributed by atoms with Crippen LogP contribution in [-0.2, 0) is 4.79 Å². The van der Waals surface area contributed by atoms with Crippen molar-refractivity contribution < 1.29 is 19.2 Å². The van der Waals surface area contributed by atoms with Gasteiger partial charge < -0.3 is 14.8 Å². The molecule has 2 rings (SSSR count). The first-order chi connectivity index (χ1) is 12.4. The number of nitrogens with one attached hydrogen (secondary N) is 1. The second-order valence-electron chi connectivity index (χ2n) is 5.09. The Bertz CT molecular complexity index is 851. The quantitative estimate of drug-likeness (QED) is 0.406. The van der Waals surface area contributed by atoms with Crippen molar-refractivity contribution in [3.63, 3.8) is 0 Å². The Morgan fingerprint density at radius 1 is 1.27 bits per heavy atom. The van der Waals surface area contributed by atoms with Crippen molar-refractivity contribution in [2.75, 3.05) is 19.0 Å². The van der Waals surface area contributed by atoms with Gasteiger partial charge >= 0.3 is 0 Å². The number of halogens is 1. The Balaban J connectivity index is 2.09. The molecule has 136 valence electrons. The number of benzene rings is 2. The van der Waals surface area contributed by atoms with Crippen molar-refractivity contribution in [1.82, 2.24) is 0 Å². The minimum Gasteiger partial charge on any atom is -0.493 e. The van der Waals surface area contributed by atoms with Crippen LogP contribution < -0.4 is 14.8 Å². The summed E-state index contributed by atoms with van der Waals surface area (Å²) in [7, 11) is 1.55. The van der Waals surface area contributed by atoms with E-state index in [4.69, 9.17) is 9.47 Å². The van der Waals surface area contributed by atoms with Crippen molar-refractivity contribution in [3.05, 3.63) is 62.6 Å². The molecule has 0 bridgehead atoms. The smallest absolute Gasteiger partial charge is 0.270 e. The summed E-state index contributed by atoms with van der Waals surface area (Å²) in [6.07, 6.45) is 3.00. The van der Waals surface area contributed by atoms with Crippen LogP contribution in [0.3, 0.4) is 0 Å². The number of methoxy groups -OCH3 is 1. The highest BCUT2D eigenvalue weighted by atomic mass is 79.9. The predicted octanol–water partition coefficient (Wildman–Crippen LogP) is 4.42. The Hall–Kier alpha value is -2.87. The van der Waals surface area contributed by atoms with Crippen LogP contribution >= 0.6 is 15.9 Å². The lowest BCUT2D eigenvalue weighted by atomic mass is 10.2. The molecule has 0 aliphatic heterocycles. The number of rotatable bonds is 7.